The van der Waals surface area contributed by atoms with Crippen molar-refractivity contribution in [1.82, 2.24) is 5.32 Å². The van der Waals surface area contributed by atoms with E-state index in [4.69, 9.17) is 9.84 Å². The Hall–Kier alpha value is -1.10. The molecule has 0 saturated heterocycles. The molecule has 0 spiro atoms. The second-order valence-corrected chi connectivity index (χ2v) is 4.71. The van der Waals surface area contributed by atoms with Gasteiger partial charge in [-0.15, -0.1) is 0 Å². The highest BCUT2D eigenvalue weighted by Gasteiger charge is 2.37. The Morgan fingerprint density at radius 3 is 2.19 bits per heavy atom. The molecule has 0 aromatic heterocycles. The highest BCUT2D eigenvalue weighted by molar-refractivity contribution is 6.01. The highest BCUT2D eigenvalue weighted by atomic mass is 16.5. The monoisotopic (exact) mass is 231 g/mol. The van der Waals surface area contributed by atoms with Crippen molar-refractivity contribution in [2.75, 3.05) is 13.7 Å². The molecule has 0 heterocycles. The quantitative estimate of drug-likeness (QED) is 0.665. The van der Waals surface area contributed by atoms with Gasteiger partial charge in [-0.1, -0.05) is 13.8 Å². The number of amides is 1. The minimum Gasteiger partial charge on any atom is -0.480 e. The second-order valence-electron chi connectivity index (χ2n) is 4.71. The molecule has 0 saturated carbocycles. The van der Waals surface area contributed by atoms with Crippen LogP contribution in [0.25, 0.3) is 0 Å². The van der Waals surface area contributed by atoms with Crippen LogP contribution in [0.3, 0.4) is 0 Å². The summed E-state index contributed by atoms with van der Waals surface area (Å²) in [4.78, 5) is 22.6. The molecule has 16 heavy (non-hydrogen) atoms. The minimum atomic E-state index is -1.42. The lowest BCUT2D eigenvalue weighted by molar-refractivity contribution is -0.153. The summed E-state index contributed by atoms with van der Waals surface area (Å²) in [7, 11) is 1.55. The number of carboxylic acid groups (broad SMARTS) is 1. The molecule has 94 valence electrons. The van der Waals surface area contributed by atoms with Crippen molar-refractivity contribution in [1.29, 1.82) is 0 Å². The second kappa shape index (κ2) is 5.84. The third-order valence-corrected chi connectivity index (χ3v) is 2.57. The predicted molar refractivity (Wildman–Crippen MR) is 60.1 cm³/mol. The first-order chi connectivity index (χ1) is 7.23. The number of rotatable bonds is 6. The van der Waals surface area contributed by atoms with Crippen LogP contribution >= 0.6 is 0 Å². The molecule has 0 aromatic carbocycles. The molecule has 0 aliphatic carbocycles. The van der Waals surface area contributed by atoms with Crippen molar-refractivity contribution >= 4 is 11.9 Å². The number of carbonyl (C=O) groups is 2. The van der Waals surface area contributed by atoms with Crippen LogP contribution in [0.5, 0.6) is 0 Å². The molecule has 1 atom stereocenters. The maximum absolute atomic E-state index is 11.7. The number of carboxylic acids is 1. The third kappa shape index (κ3) is 3.81. The average Bonchev–Trinajstić information content (AvgIpc) is 2.16. The first-order valence-electron chi connectivity index (χ1n) is 5.26. The Morgan fingerprint density at radius 1 is 1.38 bits per heavy atom. The number of carbonyl (C=O) groups excluding carboxylic acids is 1. The largest absolute Gasteiger partial charge is 0.480 e. The van der Waals surface area contributed by atoms with Crippen LogP contribution in [-0.4, -0.2) is 36.7 Å². The fourth-order valence-corrected chi connectivity index (χ4v) is 1.03. The molecule has 0 bridgehead atoms. The Balaban J connectivity index is 4.58. The zero-order chi connectivity index (χ0) is 12.9. The summed E-state index contributed by atoms with van der Waals surface area (Å²) in [5.41, 5.74) is -1.42. The zero-order valence-corrected chi connectivity index (χ0v) is 10.5. The van der Waals surface area contributed by atoms with Crippen molar-refractivity contribution in [3.63, 3.8) is 0 Å². The first-order valence-corrected chi connectivity index (χ1v) is 5.26. The number of ether oxygens (including phenoxy) is 1. The van der Waals surface area contributed by atoms with Gasteiger partial charge in [0.05, 0.1) is 12.6 Å². The summed E-state index contributed by atoms with van der Waals surface area (Å²) in [6.07, 6.45) is 0. The molecule has 2 N–H and O–H groups in total. The van der Waals surface area contributed by atoms with Gasteiger partial charge >= 0.3 is 5.97 Å². The summed E-state index contributed by atoms with van der Waals surface area (Å²) < 4.78 is 4.98. The summed E-state index contributed by atoms with van der Waals surface area (Å²) in [5.74, 6) is -1.44. The number of hydrogen-bond acceptors (Lipinski definition) is 3. The Labute approximate surface area is 96.2 Å². The van der Waals surface area contributed by atoms with Gasteiger partial charge in [0.2, 0.25) is 5.91 Å². The molecule has 1 unspecified atom stereocenters. The number of hydrogen-bond donors (Lipinski definition) is 2. The van der Waals surface area contributed by atoms with E-state index in [0.717, 1.165) is 0 Å². The van der Waals surface area contributed by atoms with Crippen LogP contribution in [0.2, 0.25) is 0 Å². The predicted octanol–water partition coefficient (Wildman–Crippen LogP) is 0.884. The van der Waals surface area contributed by atoms with Crippen molar-refractivity contribution in [3.05, 3.63) is 0 Å². The summed E-state index contributed by atoms with van der Waals surface area (Å²) in [5, 5.41) is 11.6. The van der Waals surface area contributed by atoms with Gasteiger partial charge in [-0.25, -0.2) is 0 Å². The van der Waals surface area contributed by atoms with Crippen molar-refractivity contribution < 1.29 is 19.4 Å². The Kier molecular flexibility index (Phi) is 5.44. The van der Waals surface area contributed by atoms with Gasteiger partial charge < -0.3 is 15.2 Å². The lowest BCUT2D eigenvalue weighted by Gasteiger charge is -2.26. The van der Waals surface area contributed by atoms with E-state index in [1.807, 2.05) is 13.8 Å². The van der Waals surface area contributed by atoms with Crippen molar-refractivity contribution in [2.24, 2.45) is 11.3 Å². The number of aliphatic carboxylic acids is 1. The molecule has 0 rings (SSSR count). The summed E-state index contributed by atoms with van der Waals surface area (Å²) in [6, 6.07) is -0.170. The van der Waals surface area contributed by atoms with E-state index in [0.29, 0.717) is 6.61 Å². The van der Waals surface area contributed by atoms with Crippen LogP contribution in [0.15, 0.2) is 0 Å². The fourth-order valence-electron chi connectivity index (χ4n) is 1.03. The van der Waals surface area contributed by atoms with Gasteiger partial charge in [-0.3, -0.25) is 9.59 Å². The molecular formula is C11H21NO4. The third-order valence-electron chi connectivity index (χ3n) is 2.57. The molecular weight excluding hydrogens is 210 g/mol. The van der Waals surface area contributed by atoms with E-state index in [2.05, 4.69) is 5.32 Å². The molecule has 0 aliphatic heterocycles. The molecule has 0 fully saturated rings. The average molecular weight is 231 g/mol. The van der Waals surface area contributed by atoms with Crippen LogP contribution in [-0.2, 0) is 14.3 Å². The molecule has 0 aromatic rings. The molecule has 5 nitrogen and oxygen atoms in total. The van der Waals surface area contributed by atoms with E-state index in [9.17, 15) is 9.59 Å². The van der Waals surface area contributed by atoms with E-state index < -0.39 is 17.3 Å². The van der Waals surface area contributed by atoms with E-state index in [1.165, 1.54) is 13.8 Å². The SMILES string of the molecule is COCC(NC(=O)C(C)(C)C(=O)O)C(C)C. The van der Waals surface area contributed by atoms with E-state index >= 15 is 0 Å². The lowest BCUT2D eigenvalue weighted by atomic mass is 9.91. The van der Waals surface area contributed by atoms with Crippen LogP contribution in [0.1, 0.15) is 27.7 Å². The minimum absolute atomic E-state index is 0.170. The number of methoxy groups -OCH3 is 1. The van der Waals surface area contributed by atoms with Crippen LogP contribution < -0.4 is 5.32 Å². The fraction of sp³-hybridized carbons (Fsp3) is 0.818. The molecule has 0 radical (unpaired) electrons. The van der Waals surface area contributed by atoms with Gasteiger partial charge in [0, 0.05) is 7.11 Å². The smallest absolute Gasteiger partial charge is 0.318 e. The van der Waals surface area contributed by atoms with Gasteiger partial charge in [0.15, 0.2) is 0 Å². The van der Waals surface area contributed by atoms with Gasteiger partial charge in [0.1, 0.15) is 5.41 Å². The van der Waals surface area contributed by atoms with Crippen LogP contribution in [0.4, 0.5) is 0 Å². The van der Waals surface area contributed by atoms with E-state index in [1.54, 1.807) is 7.11 Å². The highest BCUT2D eigenvalue weighted by Crippen LogP contribution is 2.16. The zero-order valence-electron chi connectivity index (χ0n) is 10.5. The topological polar surface area (TPSA) is 75.6 Å². The molecule has 5 heteroatoms. The lowest BCUT2D eigenvalue weighted by Crippen LogP contribution is -2.49. The van der Waals surface area contributed by atoms with Gasteiger partial charge in [-0.2, -0.15) is 0 Å². The summed E-state index contributed by atoms with van der Waals surface area (Å²) in [6.45, 7) is 7.03. The normalized spacial score (nSPS) is 13.6. The standard InChI is InChI=1S/C11H21NO4/c1-7(2)8(6-16-5)12-9(13)11(3,4)10(14)15/h7-8H,6H2,1-5H3,(H,12,13)(H,14,15). The van der Waals surface area contributed by atoms with Crippen molar-refractivity contribution in [2.45, 2.75) is 33.7 Å². The Morgan fingerprint density at radius 2 is 1.88 bits per heavy atom. The summed E-state index contributed by atoms with van der Waals surface area (Å²) >= 11 is 0. The van der Waals surface area contributed by atoms with Crippen LogP contribution in [0, 0.1) is 11.3 Å². The maximum atomic E-state index is 11.7. The first kappa shape index (κ1) is 14.9. The van der Waals surface area contributed by atoms with Crippen molar-refractivity contribution in [3.8, 4) is 0 Å². The maximum Gasteiger partial charge on any atom is 0.318 e. The number of nitrogens with one attached hydrogen (secondary N) is 1. The van der Waals surface area contributed by atoms with Gasteiger partial charge in [0.25, 0.3) is 0 Å². The molecule has 0 aliphatic rings. The van der Waals surface area contributed by atoms with E-state index in [-0.39, 0.29) is 12.0 Å². The molecule has 1 amide bonds. The van der Waals surface area contributed by atoms with Gasteiger partial charge in [-0.05, 0) is 19.8 Å². The Bertz CT molecular complexity index is 261.